The quantitative estimate of drug-likeness (QED) is 0.729. The van der Waals surface area contributed by atoms with Crippen LogP contribution in [-0.4, -0.2) is 7.05 Å². The van der Waals surface area contributed by atoms with Crippen LogP contribution in [-0.2, 0) is 6.42 Å². The highest BCUT2D eigenvalue weighted by atomic mass is 19.1. The fourth-order valence-corrected chi connectivity index (χ4v) is 2.30. The number of halogens is 2. The average Bonchev–Trinajstić information content (AvgIpc) is 2.41. The van der Waals surface area contributed by atoms with Crippen LogP contribution < -0.4 is 5.32 Å². The van der Waals surface area contributed by atoms with Crippen LogP contribution in [0.3, 0.4) is 0 Å². The molecule has 2 rings (SSSR count). The maximum absolute atomic E-state index is 13.4. The van der Waals surface area contributed by atoms with Crippen molar-refractivity contribution in [2.24, 2.45) is 5.92 Å². The Morgan fingerprint density at radius 3 is 2.71 bits per heavy atom. The van der Waals surface area contributed by atoms with E-state index in [2.05, 4.69) is 5.32 Å². The second-order valence-corrected chi connectivity index (χ2v) is 3.90. The molecule has 0 fully saturated rings. The molecule has 3 heteroatoms. The highest BCUT2D eigenvalue weighted by Gasteiger charge is 2.30. The molecule has 1 aromatic rings. The molecular formula is C11H13F2N. The summed E-state index contributed by atoms with van der Waals surface area (Å²) in [6.45, 7) is 2.04. The van der Waals surface area contributed by atoms with E-state index in [0.717, 1.165) is 11.6 Å². The van der Waals surface area contributed by atoms with Gasteiger partial charge in [0.25, 0.3) is 0 Å². The van der Waals surface area contributed by atoms with Gasteiger partial charge in [-0.1, -0.05) is 6.92 Å². The van der Waals surface area contributed by atoms with E-state index in [1.807, 2.05) is 14.0 Å². The fraction of sp³-hybridized carbons (Fsp3) is 0.455. The molecule has 0 radical (unpaired) electrons. The van der Waals surface area contributed by atoms with Crippen molar-refractivity contribution in [1.29, 1.82) is 0 Å². The fourth-order valence-electron chi connectivity index (χ4n) is 2.30. The van der Waals surface area contributed by atoms with Crippen molar-refractivity contribution in [2.45, 2.75) is 19.4 Å². The van der Waals surface area contributed by atoms with Gasteiger partial charge in [-0.3, -0.25) is 0 Å². The van der Waals surface area contributed by atoms with Gasteiger partial charge in [-0.15, -0.1) is 0 Å². The van der Waals surface area contributed by atoms with Crippen LogP contribution in [0.5, 0.6) is 0 Å². The van der Waals surface area contributed by atoms with E-state index in [9.17, 15) is 8.78 Å². The molecule has 2 unspecified atom stereocenters. The molecule has 1 aliphatic carbocycles. The maximum Gasteiger partial charge on any atom is 0.129 e. The van der Waals surface area contributed by atoms with Crippen LogP contribution in [0.15, 0.2) is 12.1 Å². The van der Waals surface area contributed by atoms with Crippen LogP contribution in [0.2, 0.25) is 0 Å². The van der Waals surface area contributed by atoms with E-state index < -0.39 is 11.6 Å². The van der Waals surface area contributed by atoms with E-state index in [1.54, 1.807) is 0 Å². The molecule has 1 nitrogen and oxygen atoms in total. The van der Waals surface area contributed by atoms with Gasteiger partial charge in [-0.25, -0.2) is 8.78 Å². The van der Waals surface area contributed by atoms with Gasteiger partial charge in [0.05, 0.1) is 0 Å². The highest BCUT2D eigenvalue weighted by Crippen LogP contribution is 2.37. The summed E-state index contributed by atoms with van der Waals surface area (Å²) in [4.78, 5) is 0. The molecule has 2 atom stereocenters. The van der Waals surface area contributed by atoms with Gasteiger partial charge in [-0.05, 0) is 36.6 Å². The lowest BCUT2D eigenvalue weighted by atomic mass is 10.0. The molecule has 0 aliphatic heterocycles. The molecule has 14 heavy (non-hydrogen) atoms. The molecule has 1 N–H and O–H groups in total. The van der Waals surface area contributed by atoms with Gasteiger partial charge >= 0.3 is 0 Å². The summed E-state index contributed by atoms with van der Waals surface area (Å²) in [5.74, 6) is -0.577. The normalized spacial score (nSPS) is 25.1. The van der Waals surface area contributed by atoms with E-state index in [4.69, 9.17) is 0 Å². The number of hydrogen-bond acceptors (Lipinski definition) is 1. The standard InChI is InChI=1S/C11H13F2N/c1-6-3-8-9(11(6)14-2)4-7(12)5-10(8)13/h4-6,11,14H,3H2,1-2H3. The van der Waals surface area contributed by atoms with Crippen LogP contribution in [0.25, 0.3) is 0 Å². The second kappa shape index (κ2) is 3.31. The summed E-state index contributed by atoms with van der Waals surface area (Å²) >= 11 is 0. The van der Waals surface area contributed by atoms with E-state index in [0.29, 0.717) is 17.9 Å². The number of fused-ring (bicyclic) bond motifs is 1. The third kappa shape index (κ3) is 1.32. The molecule has 0 amide bonds. The first kappa shape index (κ1) is 9.59. The Morgan fingerprint density at radius 1 is 1.36 bits per heavy atom. The van der Waals surface area contributed by atoms with Crippen molar-refractivity contribution < 1.29 is 8.78 Å². The minimum absolute atomic E-state index is 0.0789. The zero-order valence-corrected chi connectivity index (χ0v) is 8.27. The van der Waals surface area contributed by atoms with Crippen LogP contribution in [0.4, 0.5) is 8.78 Å². The SMILES string of the molecule is CNC1c2cc(F)cc(F)c2CC1C. The van der Waals surface area contributed by atoms with Gasteiger partial charge in [0.2, 0.25) is 0 Å². The second-order valence-electron chi connectivity index (χ2n) is 3.90. The lowest BCUT2D eigenvalue weighted by molar-refractivity contribution is 0.445. The van der Waals surface area contributed by atoms with Gasteiger partial charge in [-0.2, -0.15) is 0 Å². The highest BCUT2D eigenvalue weighted by molar-refractivity contribution is 5.37. The summed E-state index contributed by atoms with van der Waals surface area (Å²) in [5, 5.41) is 3.09. The predicted octanol–water partition coefficient (Wildman–Crippen LogP) is 2.42. The summed E-state index contributed by atoms with van der Waals surface area (Å²) in [6, 6.07) is 2.47. The van der Waals surface area contributed by atoms with Crippen molar-refractivity contribution >= 4 is 0 Å². The topological polar surface area (TPSA) is 12.0 Å². The number of rotatable bonds is 1. The Balaban J connectivity index is 2.53. The summed E-state index contributed by atoms with van der Waals surface area (Å²) in [5.41, 5.74) is 1.44. The van der Waals surface area contributed by atoms with Crippen molar-refractivity contribution in [3.05, 3.63) is 34.9 Å². The third-order valence-electron chi connectivity index (χ3n) is 2.94. The van der Waals surface area contributed by atoms with Crippen LogP contribution >= 0.6 is 0 Å². The van der Waals surface area contributed by atoms with Crippen molar-refractivity contribution in [3.8, 4) is 0 Å². The zero-order chi connectivity index (χ0) is 10.3. The lowest BCUT2D eigenvalue weighted by Gasteiger charge is -2.15. The molecule has 0 saturated carbocycles. The van der Waals surface area contributed by atoms with E-state index in [-0.39, 0.29) is 6.04 Å². The molecule has 0 aromatic heterocycles. The number of benzene rings is 1. The van der Waals surface area contributed by atoms with E-state index >= 15 is 0 Å². The van der Waals surface area contributed by atoms with Crippen LogP contribution in [0, 0.1) is 17.6 Å². The average molecular weight is 197 g/mol. The first-order valence-corrected chi connectivity index (χ1v) is 4.78. The smallest absolute Gasteiger partial charge is 0.129 e. The number of nitrogens with one attached hydrogen (secondary N) is 1. The van der Waals surface area contributed by atoms with Crippen LogP contribution in [0.1, 0.15) is 24.1 Å². The summed E-state index contributed by atoms with van der Waals surface area (Å²) in [6.07, 6.45) is 0.687. The maximum atomic E-state index is 13.4. The molecule has 76 valence electrons. The van der Waals surface area contributed by atoms with Crippen molar-refractivity contribution in [1.82, 2.24) is 5.32 Å². The Labute approximate surface area is 82.1 Å². The first-order valence-electron chi connectivity index (χ1n) is 4.78. The molecule has 1 aromatic carbocycles. The van der Waals surface area contributed by atoms with Crippen molar-refractivity contribution in [2.75, 3.05) is 7.05 Å². The molecule has 1 aliphatic rings. The van der Waals surface area contributed by atoms with Crippen molar-refractivity contribution in [3.63, 3.8) is 0 Å². The Hall–Kier alpha value is -0.960. The monoisotopic (exact) mass is 197 g/mol. The van der Waals surface area contributed by atoms with Gasteiger partial charge in [0.15, 0.2) is 0 Å². The van der Waals surface area contributed by atoms with E-state index in [1.165, 1.54) is 6.07 Å². The largest absolute Gasteiger partial charge is 0.313 e. The molecule has 0 spiro atoms. The Morgan fingerprint density at radius 2 is 2.07 bits per heavy atom. The summed E-state index contributed by atoms with van der Waals surface area (Å²) in [7, 11) is 1.82. The Bertz CT molecular complexity index is 363. The molecule has 0 saturated heterocycles. The molecule has 0 heterocycles. The first-order chi connectivity index (χ1) is 6.63. The Kier molecular flexibility index (Phi) is 2.27. The minimum Gasteiger partial charge on any atom is -0.313 e. The molecular weight excluding hydrogens is 184 g/mol. The number of hydrogen-bond donors (Lipinski definition) is 1. The molecule has 0 bridgehead atoms. The third-order valence-corrected chi connectivity index (χ3v) is 2.94. The van der Waals surface area contributed by atoms with Gasteiger partial charge < -0.3 is 5.32 Å². The summed E-state index contributed by atoms with van der Waals surface area (Å²) < 4.78 is 26.4. The lowest BCUT2D eigenvalue weighted by Crippen LogP contribution is -2.19. The minimum atomic E-state index is -0.490. The van der Waals surface area contributed by atoms with Gasteiger partial charge in [0.1, 0.15) is 11.6 Å². The zero-order valence-electron chi connectivity index (χ0n) is 8.27. The predicted molar refractivity (Wildman–Crippen MR) is 51.0 cm³/mol. The van der Waals surface area contributed by atoms with Gasteiger partial charge in [0, 0.05) is 12.1 Å².